The Morgan fingerprint density at radius 2 is 1.79 bits per heavy atom. The zero-order valence-corrected chi connectivity index (χ0v) is 18.9. The minimum atomic E-state index is -0.687. The lowest BCUT2D eigenvalue weighted by atomic mass is 10.1. The summed E-state index contributed by atoms with van der Waals surface area (Å²) < 4.78 is 24.2. The average molecular weight is 478 g/mol. The molecule has 9 heteroatoms. The van der Waals surface area contributed by atoms with Crippen LogP contribution in [-0.4, -0.2) is 21.9 Å². The van der Waals surface area contributed by atoms with Gasteiger partial charge in [0.1, 0.15) is 16.8 Å². The van der Waals surface area contributed by atoms with Crippen LogP contribution in [0.25, 0.3) is 0 Å². The van der Waals surface area contributed by atoms with Crippen LogP contribution in [0.1, 0.15) is 34.0 Å². The molecule has 0 spiro atoms. The molecule has 34 heavy (non-hydrogen) atoms. The van der Waals surface area contributed by atoms with E-state index in [1.165, 1.54) is 31.2 Å². The number of Topliss-reactive ketones (excluding diaryl/α,β-unsaturated/α-hetero) is 1. The second kappa shape index (κ2) is 10.8. The van der Waals surface area contributed by atoms with Crippen LogP contribution in [0.3, 0.4) is 0 Å². The summed E-state index contributed by atoms with van der Waals surface area (Å²) in [5.41, 5.74) is 1.76. The summed E-state index contributed by atoms with van der Waals surface area (Å²) in [5.74, 6) is -0.0797. The normalized spacial score (nSPS) is 11.6. The summed E-state index contributed by atoms with van der Waals surface area (Å²) in [6.45, 7) is 1.47. The van der Waals surface area contributed by atoms with E-state index in [0.717, 1.165) is 17.3 Å². The first kappa shape index (κ1) is 23.2. The number of amides is 1. The molecule has 4 aromatic rings. The van der Waals surface area contributed by atoms with Crippen LogP contribution in [0.2, 0.25) is 0 Å². The molecule has 0 saturated carbocycles. The number of ketones is 1. The summed E-state index contributed by atoms with van der Waals surface area (Å²) in [4.78, 5) is 24.9. The molecule has 4 rings (SSSR count). The van der Waals surface area contributed by atoms with E-state index in [0.29, 0.717) is 17.0 Å². The van der Waals surface area contributed by atoms with Gasteiger partial charge in [-0.3, -0.25) is 9.59 Å². The van der Waals surface area contributed by atoms with E-state index >= 15 is 0 Å². The van der Waals surface area contributed by atoms with Gasteiger partial charge in [-0.1, -0.05) is 42.5 Å². The number of rotatable bonds is 9. The Balaban J connectivity index is 1.47. The number of nitrogens with one attached hydrogen (secondary N) is 1. The van der Waals surface area contributed by atoms with E-state index < -0.39 is 5.25 Å². The Morgan fingerprint density at radius 1 is 1.03 bits per heavy atom. The van der Waals surface area contributed by atoms with Crippen molar-refractivity contribution < 1.29 is 23.1 Å². The van der Waals surface area contributed by atoms with Crippen LogP contribution in [0.5, 0.6) is 5.75 Å². The average Bonchev–Trinajstić information content (AvgIpc) is 3.30. The number of anilines is 1. The monoisotopic (exact) mass is 477 g/mol. The third-order valence-corrected chi connectivity index (χ3v) is 5.81. The smallest absolute Gasteiger partial charge is 0.277 e. The van der Waals surface area contributed by atoms with Gasteiger partial charge in [0.15, 0.2) is 12.4 Å². The first-order valence-corrected chi connectivity index (χ1v) is 11.2. The van der Waals surface area contributed by atoms with Gasteiger partial charge in [-0.2, -0.15) is 0 Å². The molecule has 3 aromatic carbocycles. The van der Waals surface area contributed by atoms with Gasteiger partial charge in [-0.25, -0.2) is 4.39 Å². The molecule has 0 bridgehead atoms. The van der Waals surface area contributed by atoms with E-state index in [1.54, 1.807) is 24.3 Å². The van der Waals surface area contributed by atoms with Crippen LogP contribution in [-0.2, 0) is 11.4 Å². The van der Waals surface area contributed by atoms with Crippen molar-refractivity contribution in [2.24, 2.45) is 0 Å². The number of aromatic nitrogens is 2. The van der Waals surface area contributed by atoms with E-state index in [-0.39, 0.29) is 35.2 Å². The number of carbonyl (C=O) groups is 2. The fraction of sp³-hybridized carbons (Fsp3) is 0.120. The van der Waals surface area contributed by atoms with Crippen LogP contribution >= 0.6 is 11.8 Å². The number of thioether (sulfide) groups is 1. The van der Waals surface area contributed by atoms with E-state index in [4.69, 9.17) is 9.15 Å². The number of carbonyl (C=O) groups excluding carboxylic acids is 2. The zero-order valence-electron chi connectivity index (χ0n) is 18.1. The molecule has 1 aromatic heterocycles. The van der Waals surface area contributed by atoms with Gasteiger partial charge in [0.25, 0.3) is 11.1 Å². The third kappa shape index (κ3) is 6.08. The third-order valence-electron chi connectivity index (χ3n) is 4.72. The predicted molar refractivity (Wildman–Crippen MR) is 125 cm³/mol. The molecule has 1 N–H and O–H groups in total. The minimum Gasteiger partial charge on any atom is -0.484 e. The SMILES string of the molecule is CC(=O)c1cccc(NC(=O)C(Sc2nnc(COc3ccc(F)cc3)o2)c2ccccc2)c1. The van der Waals surface area contributed by atoms with Crippen molar-refractivity contribution in [1.82, 2.24) is 10.2 Å². The Bertz CT molecular complexity index is 1280. The number of hydrogen-bond donors (Lipinski definition) is 1. The Kier molecular flexibility index (Phi) is 7.34. The summed E-state index contributed by atoms with van der Waals surface area (Å²) in [6.07, 6.45) is 0. The standard InChI is InChI=1S/C25H20FN3O4S/c1-16(30)18-8-5-9-20(14-18)27-24(31)23(17-6-3-2-4-7-17)34-25-29-28-22(33-25)15-32-21-12-10-19(26)11-13-21/h2-14,23H,15H2,1H3,(H,27,31). The molecule has 1 atom stereocenters. The highest BCUT2D eigenvalue weighted by Crippen LogP contribution is 2.35. The summed E-state index contributed by atoms with van der Waals surface area (Å²) in [5, 5.41) is 10.3. The van der Waals surface area contributed by atoms with Gasteiger partial charge in [-0.15, -0.1) is 10.2 Å². The van der Waals surface area contributed by atoms with Crippen molar-refractivity contribution >= 4 is 29.1 Å². The van der Waals surface area contributed by atoms with Crippen molar-refractivity contribution in [3.8, 4) is 5.75 Å². The van der Waals surface area contributed by atoms with Gasteiger partial charge in [-0.05, 0) is 60.6 Å². The zero-order chi connectivity index (χ0) is 23.9. The lowest BCUT2D eigenvalue weighted by Gasteiger charge is -2.15. The molecular formula is C25H20FN3O4S. The van der Waals surface area contributed by atoms with Crippen molar-refractivity contribution in [3.63, 3.8) is 0 Å². The number of nitrogens with zero attached hydrogens (tertiary/aromatic N) is 2. The molecule has 1 heterocycles. The maximum atomic E-state index is 13.2. The quantitative estimate of drug-likeness (QED) is 0.253. The van der Waals surface area contributed by atoms with Crippen LogP contribution in [0, 0.1) is 5.82 Å². The summed E-state index contributed by atoms with van der Waals surface area (Å²) >= 11 is 1.10. The molecule has 1 amide bonds. The van der Waals surface area contributed by atoms with Crippen molar-refractivity contribution in [2.45, 2.75) is 24.0 Å². The predicted octanol–water partition coefficient (Wildman–Crippen LogP) is 5.46. The minimum absolute atomic E-state index is 0.000763. The first-order chi connectivity index (χ1) is 16.5. The van der Waals surface area contributed by atoms with Crippen molar-refractivity contribution in [1.29, 1.82) is 0 Å². The lowest BCUT2D eigenvalue weighted by Crippen LogP contribution is -2.19. The Labute approximate surface area is 199 Å². The molecular weight excluding hydrogens is 457 g/mol. The molecule has 0 radical (unpaired) electrons. The van der Waals surface area contributed by atoms with Crippen LogP contribution in [0.15, 0.2) is 88.5 Å². The van der Waals surface area contributed by atoms with Crippen LogP contribution < -0.4 is 10.1 Å². The lowest BCUT2D eigenvalue weighted by molar-refractivity contribution is -0.115. The molecule has 0 saturated heterocycles. The van der Waals surface area contributed by atoms with Crippen molar-refractivity contribution in [2.75, 3.05) is 5.32 Å². The van der Waals surface area contributed by atoms with Gasteiger partial charge >= 0.3 is 0 Å². The van der Waals surface area contributed by atoms with Crippen LogP contribution in [0.4, 0.5) is 10.1 Å². The number of halogens is 1. The highest BCUT2D eigenvalue weighted by molar-refractivity contribution is 8.00. The fourth-order valence-electron chi connectivity index (χ4n) is 3.05. The molecule has 0 aliphatic heterocycles. The maximum Gasteiger partial charge on any atom is 0.277 e. The van der Waals surface area contributed by atoms with E-state index in [2.05, 4.69) is 15.5 Å². The Hall–Kier alpha value is -3.98. The topological polar surface area (TPSA) is 94.3 Å². The number of benzene rings is 3. The van der Waals surface area contributed by atoms with Gasteiger partial charge in [0.2, 0.25) is 5.91 Å². The fourth-order valence-corrected chi connectivity index (χ4v) is 3.94. The number of ether oxygens (including phenoxy) is 1. The van der Waals surface area contributed by atoms with E-state index in [1.807, 2.05) is 30.3 Å². The second-order valence-electron chi connectivity index (χ2n) is 7.24. The summed E-state index contributed by atoms with van der Waals surface area (Å²) in [6, 6.07) is 21.5. The first-order valence-electron chi connectivity index (χ1n) is 10.3. The van der Waals surface area contributed by atoms with Crippen molar-refractivity contribution in [3.05, 3.63) is 102 Å². The highest BCUT2D eigenvalue weighted by Gasteiger charge is 2.25. The molecule has 0 aliphatic carbocycles. The summed E-state index contributed by atoms with van der Waals surface area (Å²) in [7, 11) is 0. The Morgan fingerprint density at radius 3 is 2.53 bits per heavy atom. The highest BCUT2D eigenvalue weighted by atomic mass is 32.2. The molecule has 1 unspecified atom stereocenters. The molecule has 172 valence electrons. The maximum absolute atomic E-state index is 13.2. The van der Waals surface area contributed by atoms with Gasteiger partial charge in [0, 0.05) is 11.3 Å². The van der Waals surface area contributed by atoms with Gasteiger partial charge < -0.3 is 14.5 Å². The number of hydrogen-bond acceptors (Lipinski definition) is 7. The molecule has 0 fully saturated rings. The molecule has 0 aliphatic rings. The van der Waals surface area contributed by atoms with Gasteiger partial charge in [0.05, 0.1) is 0 Å². The van der Waals surface area contributed by atoms with E-state index in [9.17, 15) is 14.0 Å². The second-order valence-corrected chi connectivity index (χ2v) is 8.30. The molecule has 7 nitrogen and oxygen atoms in total. The largest absolute Gasteiger partial charge is 0.484 e.